The van der Waals surface area contributed by atoms with E-state index < -0.39 is 16.1 Å². The summed E-state index contributed by atoms with van der Waals surface area (Å²) in [5.74, 6) is -0.0529. The van der Waals surface area contributed by atoms with Gasteiger partial charge in [0, 0.05) is 18.8 Å². The minimum Gasteiger partial charge on any atom is -0.391 e. The smallest absolute Gasteiger partial charge is 0.261 e. The number of hydrogen-bond acceptors (Lipinski definition) is 4. The van der Waals surface area contributed by atoms with Crippen LogP contribution in [0.5, 0.6) is 0 Å². The van der Waals surface area contributed by atoms with Crippen LogP contribution in [0.15, 0.2) is 47.4 Å². The largest absolute Gasteiger partial charge is 0.391 e. The third-order valence-electron chi connectivity index (χ3n) is 4.51. The Kier molecular flexibility index (Phi) is 6.50. The van der Waals surface area contributed by atoms with Crippen molar-refractivity contribution in [2.24, 2.45) is 0 Å². The highest BCUT2D eigenvalue weighted by atomic mass is 35.5. The highest BCUT2D eigenvalue weighted by molar-refractivity contribution is 7.92. The molecule has 28 heavy (non-hydrogen) atoms. The molecule has 9 heteroatoms. The number of aliphatic hydroxyl groups excluding tert-OH is 1. The first kappa shape index (κ1) is 20.9. The number of halogens is 2. The van der Waals surface area contributed by atoms with Crippen molar-refractivity contribution in [1.82, 2.24) is 4.90 Å². The van der Waals surface area contributed by atoms with E-state index in [4.69, 9.17) is 23.2 Å². The number of anilines is 1. The van der Waals surface area contributed by atoms with Gasteiger partial charge in [-0.25, -0.2) is 8.42 Å². The van der Waals surface area contributed by atoms with E-state index in [1.165, 1.54) is 18.2 Å². The van der Waals surface area contributed by atoms with Gasteiger partial charge in [0.1, 0.15) is 0 Å². The fourth-order valence-corrected chi connectivity index (χ4v) is 4.46. The van der Waals surface area contributed by atoms with E-state index in [0.29, 0.717) is 18.8 Å². The molecule has 1 aliphatic rings. The minimum atomic E-state index is -3.81. The number of hydrogen-bond donors (Lipinski definition) is 2. The van der Waals surface area contributed by atoms with Crippen LogP contribution in [0.25, 0.3) is 0 Å². The van der Waals surface area contributed by atoms with Crippen LogP contribution in [0.1, 0.15) is 18.4 Å². The zero-order chi connectivity index (χ0) is 20.3. The van der Waals surface area contributed by atoms with Crippen LogP contribution in [-0.4, -0.2) is 43.5 Å². The first-order chi connectivity index (χ1) is 13.2. The number of nitrogens with one attached hydrogen (secondary N) is 1. The molecule has 2 aromatic rings. The third kappa shape index (κ3) is 5.17. The summed E-state index contributed by atoms with van der Waals surface area (Å²) in [6, 6.07) is 10.7. The van der Waals surface area contributed by atoms with Gasteiger partial charge in [0.2, 0.25) is 5.91 Å². The lowest BCUT2D eigenvalue weighted by Gasteiger charge is -2.30. The molecule has 0 saturated carbocycles. The summed E-state index contributed by atoms with van der Waals surface area (Å²) in [6.07, 6.45) is 1.25. The first-order valence-corrected chi connectivity index (χ1v) is 11.0. The second-order valence-corrected chi connectivity index (χ2v) is 9.19. The van der Waals surface area contributed by atoms with Gasteiger partial charge in [-0.15, -0.1) is 0 Å². The Bertz CT molecular complexity index is 964. The molecule has 1 heterocycles. The predicted octanol–water partition coefficient (Wildman–Crippen LogP) is 3.32. The van der Waals surface area contributed by atoms with Crippen LogP contribution in [-0.2, 0) is 21.2 Å². The summed E-state index contributed by atoms with van der Waals surface area (Å²) in [7, 11) is -3.81. The van der Waals surface area contributed by atoms with Crippen LogP contribution in [0.4, 0.5) is 5.69 Å². The first-order valence-electron chi connectivity index (χ1n) is 8.77. The molecule has 150 valence electrons. The topological polar surface area (TPSA) is 86.7 Å². The van der Waals surface area contributed by atoms with Crippen LogP contribution in [0.3, 0.4) is 0 Å². The summed E-state index contributed by atoms with van der Waals surface area (Å²) in [5.41, 5.74) is 1.14. The molecule has 1 aliphatic heterocycles. The van der Waals surface area contributed by atoms with Gasteiger partial charge in [-0.1, -0.05) is 35.3 Å². The summed E-state index contributed by atoms with van der Waals surface area (Å²) in [6.45, 7) is 1.01. The van der Waals surface area contributed by atoms with Crippen LogP contribution >= 0.6 is 23.2 Å². The number of sulfonamides is 1. The second kappa shape index (κ2) is 8.69. The van der Waals surface area contributed by atoms with Crippen molar-refractivity contribution in [3.8, 4) is 0 Å². The Morgan fingerprint density at radius 2 is 1.86 bits per heavy atom. The number of rotatable bonds is 5. The Morgan fingerprint density at radius 3 is 2.50 bits per heavy atom. The van der Waals surface area contributed by atoms with Gasteiger partial charge in [0.05, 0.1) is 27.5 Å². The Morgan fingerprint density at radius 1 is 1.14 bits per heavy atom. The lowest BCUT2D eigenvalue weighted by molar-refractivity contribution is -0.133. The van der Waals surface area contributed by atoms with Gasteiger partial charge in [-0.3, -0.25) is 9.52 Å². The average Bonchev–Trinajstić information content (AvgIpc) is 2.65. The summed E-state index contributed by atoms with van der Waals surface area (Å²) in [4.78, 5) is 14.0. The molecule has 0 aliphatic carbocycles. The highest BCUT2D eigenvalue weighted by Gasteiger charge is 2.22. The maximum Gasteiger partial charge on any atom is 0.261 e. The molecule has 1 fully saturated rings. The number of carbonyl (C=O) groups excluding carboxylic acids is 1. The molecule has 0 radical (unpaired) electrons. The van der Waals surface area contributed by atoms with Crippen molar-refractivity contribution in [3.05, 3.63) is 58.1 Å². The maximum absolute atomic E-state index is 12.5. The number of amides is 1. The summed E-state index contributed by atoms with van der Waals surface area (Å²) in [5, 5.41) is 10.1. The monoisotopic (exact) mass is 442 g/mol. The molecule has 0 bridgehead atoms. The molecule has 1 amide bonds. The van der Waals surface area contributed by atoms with E-state index >= 15 is 0 Å². The molecular weight excluding hydrogens is 423 g/mol. The normalized spacial score (nSPS) is 17.4. The zero-order valence-electron chi connectivity index (χ0n) is 14.9. The van der Waals surface area contributed by atoms with E-state index in [1.54, 1.807) is 29.2 Å². The molecule has 1 unspecified atom stereocenters. The van der Waals surface area contributed by atoms with E-state index in [2.05, 4.69) is 4.72 Å². The van der Waals surface area contributed by atoms with Crippen molar-refractivity contribution >= 4 is 44.8 Å². The van der Waals surface area contributed by atoms with Crippen molar-refractivity contribution in [3.63, 3.8) is 0 Å². The van der Waals surface area contributed by atoms with Gasteiger partial charge < -0.3 is 10.0 Å². The van der Waals surface area contributed by atoms with E-state index in [1.807, 2.05) is 0 Å². The average molecular weight is 443 g/mol. The molecule has 3 rings (SSSR count). The number of carbonyl (C=O) groups is 1. The third-order valence-corrected chi connectivity index (χ3v) is 6.63. The lowest BCUT2D eigenvalue weighted by atomic mass is 10.1. The number of β-amino-alcohol motifs (C(OH)–C–C–N with tert-alkyl or cyclic N) is 1. The van der Waals surface area contributed by atoms with Gasteiger partial charge >= 0.3 is 0 Å². The second-order valence-electron chi connectivity index (χ2n) is 6.69. The van der Waals surface area contributed by atoms with Crippen LogP contribution < -0.4 is 4.72 Å². The summed E-state index contributed by atoms with van der Waals surface area (Å²) < 4.78 is 27.4. The molecule has 2 aromatic carbocycles. The highest BCUT2D eigenvalue weighted by Crippen LogP contribution is 2.26. The maximum atomic E-state index is 12.5. The molecule has 1 atom stereocenters. The van der Waals surface area contributed by atoms with Gasteiger partial charge in [0.25, 0.3) is 10.0 Å². The lowest BCUT2D eigenvalue weighted by Crippen LogP contribution is -2.42. The fourth-order valence-electron chi connectivity index (χ4n) is 3.02. The molecule has 1 saturated heterocycles. The SMILES string of the molecule is O=C(Cc1ccc(NS(=O)(=O)c2ccc(Cl)c(Cl)c2)cc1)N1CCCC(O)C1. The van der Waals surface area contributed by atoms with Crippen LogP contribution in [0, 0.1) is 0 Å². The Hall–Kier alpha value is -1.80. The number of benzene rings is 2. The predicted molar refractivity (Wildman–Crippen MR) is 109 cm³/mol. The number of nitrogens with zero attached hydrogens (tertiary/aromatic N) is 1. The minimum absolute atomic E-state index is 0.00445. The van der Waals surface area contributed by atoms with E-state index in [0.717, 1.165) is 18.4 Å². The molecule has 2 N–H and O–H groups in total. The number of piperidine rings is 1. The molecule has 6 nitrogen and oxygen atoms in total. The van der Waals surface area contributed by atoms with E-state index in [-0.39, 0.29) is 27.3 Å². The standard InChI is InChI=1S/C19H20Cl2N2O4S/c20-17-8-7-16(11-18(17)21)28(26,27)22-14-5-3-13(4-6-14)10-19(25)23-9-1-2-15(24)12-23/h3-8,11,15,22,24H,1-2,9-10,12H2. The van der Waals surface area contributed by atoms with Crippen molar-refractivity contribution in [2.45, 2.75) is 30.3 Å². The fraction of sp³-hybridized carbons (Fsp3) is 0.316. The van der Waals surface area contributed by atoms with Crippen LogP contribution in [0.2, 0.25) is 10.0 Å². The Balaban J connectivity index is 1.65. The van der Waals surface area contributed by atoms with Gasteiger partial charge in [-0.2, -0.15) is 0 Å². The van der Waals surface area contributed by atoms with Crippen molar-refractivity contribution in [1.29, 1.82) is 0 Å². The zero-order valence-corrected chi connectivity index (χ0v) is 17.3. The quantitative estimate of drug-likeness (QED) is 0.743. The molecule has 0 aromatic heterocycles. The van der Waals surface area contributed by atoms with Crippen molar-refractivity contribution < 1.29 is 18.3 Å². The van der Waals surface area contributed by atoms with Gasteiger partial charge in [0.15, 0.2) is 0 Å². The molecular formula is C19H20Cl2N2O4S. The molecule has 0 spiro atoms. The van der Waals surface area contributed by atoms with E-state index in [9.17, 15) is 18.3 Å². The number of aliphatic hydroxyl groups is 1. The van der Waals surface area contributed by atoms with Gasteiger partial charge in [-0.05, 0) is 48.7 Å². The summed E-state index contributed by atoms with van der Waals surface area (Å²) >= 11 is 11.7. The van der Waals surface area contributed by atoms with Crippen molar-refractivity contribution in [2.75, 3.05) is 17.8 Å². The number of likely N-dealkylation sites (tertiary alicyclic amines) is 1. The Labute approximate surface area is 174 Å².